The number of carbonyl (C=O) groups excluding carboxylic acids is 2. The van der Waals surface area contributed by atoms with Gasteiger partial charge in [-0.05, 0) is 43.3 Å². The van der Waals surface area contributed by atoms with Crippen LogP contribution >= 0.6 is 15.9 Å². The highest BCUT2D eigenvalue weighted by Gasteiger charge is 2.47. The zero-order valence-electron chi connectivity index (χ0n) is 14.9. The van der Waals surface area contributed by atoms with Gasteiger partial charge in [0, 0.05) is 10.0 Å². The number of furan rings is 2. The second kappa shape index (κ2) is 7.16. The summed E-state index contributed by atoms with van der Waals surface area (Å²) in [6, 6.07) is 12.9. The summed E-state index contributed by atoms with van der Waals surface area (Å²) in [7, 11) is 0. The highest BCUT2D eigenvalue weighted by molar-refractivity contribution is 9.10. The molecule has 1 aromatic carbocycles. The van der Waals surface area contributed by atoms with E-state index in [2.05, 4.69) is 15.9 Å². The molecule has 28 heavy (non-hydrogen) atoms. The van der Waals surface area contributed by atoms with Crippen molar-refractivity contribution in [3.8, 4) is 0 Å². The van der Waals surface area contributed by atoms with Crippen molar-refractivity contribution >= 4 is 33.4 Å². The van der Waals surface area contributed by atoms with Crippen LogP contribution in [-0.4, -0.2) is 21.7 Å². The van der Waals surface area contributed by atoms with Crippen molar-refractivity contribution in [2.45, 2.75) is 19.5 Å². The van der Waals surface area contributed by atoms with Gasteiger partial charge in [0.1, 0.15) is 29.1 Å². The van der Waals surface area contributed by atoms with Crippen LogP contribution in [0, 0.1) is 6.92 Å². The number of halogens is 1. The minimum Gasteiger partial charge on any atom is -0.507 e. The Labute approximate surface area is 169 Å². The number of ketones is 1. The molecule has 1 N–H and O–H groups in total. The maximum Gasteiger partial charge on any atom is 0.296 e. The van der Waals surface area contributed by atoms with Crippen molar-refractivity contribution in [1.29, 1.82) is 0 Å². The van der Waals surface area contributed by atoms with E-state index in [9.17, 15) is 14.7 Å². The SMILES string of the molecule is Cc1ccc([C@@H]2C(=C(O)c3ccc(Br)cc3)C(=O)C(=O)N2Cc2ccco2)o1. The summed E-state index contributed by atoms with van der Waals surface area (Å²) in [6.07, 6.45) is 1.50. The van der Waals surface area contributed by atoms with Gasteiger partial charge in [-0.3, -0.25) is 9.59 Å². The molecule has 3 aromatic rings. The van der Waals surface area contributed by atoms with Crippen LogP contribution in [0.15, 0.2) is 73.7 Å². The number of nitrogens with zero attached hydrogens (tertiary/aromatic N) is 1. The lowest BCUT2D eigenvalue weighted by atomic mass is 9.99. The zero-order chi connectivity index (χ0) is 19.8. The maximum atomic E-state index is 12.8. The Hall–Kier alpha value is -3.06. The molecule has 6 nitrogen and oxygen atoms in total. The van der Waals surface area contributed by atoms with Crippen LogP contribution in [0.1, 0.15) is 28.9 Å². The number of benzene rings is 1. The Kier molecular flexibility index (Phi) is 4.68. The van der Waals surface area contributed by atoms with E-state index in [0.717, 1.165) is 4.47 Å². The summed E-state index contributed by atoms with van der Waals surface area (Å²) in [5.74, 6) is -0.144. The molecule has 1 amide bonds. The average molecular weight is 442 g/mol. The summed E-state index contributed by atoms with van der Waals surface area (Å²) in [6.45, 7) is 1.86. The van der Waals surface area contributed by atoms with Gasteiger partial charge in [0.25, 0.3) is 11.7 Å². The Morgan fingerprint density at radius 2 is 1.89 bits per heavy atom. The molecule has 1 saturated heterocycles. The van der Waals surface area contributed by atoms with Crippen LogP contribution in [0.3, 0.4) is 0 Å². The van der Waals surface area contributed by atoms with E-state index in [-0.39, 0.29) is 17.9 Å². The molecule has 4 rings (SSSR count). The lowest BCUT2D eigenvalue weighted by Crippen LogP contribution is -2.28. The molecule has 0 bridgehead atoms. The molecule has 0 unspecified atom stereocenters. The lowest BCUT2D eigenvalue weighted by Gasteiger charge is -2.22. The van der Waals surface area contributed by atoms with Crippen molar-refractivity contribution in [3.05, 3.63) is 87.7 Å². The summed E-state index contributed by atoms with van der Waals surface area (Å²) < 4.78 is 11.9. The fourth-order valence-corrected chi connectivity index (χ4v) is 3.54. The van der Waals surface area contributed by atoms with E-state index in [4.69, 9.17) is 8.83 Å². The average Bonchev–Trinajstić information content (AvgIpc) is 3.39. The van der Waals surface area contributed by atoms with E-state index >= 15 is 0 Å². The smallest absolute Gasteiger partial charge is 0.296 e. The molecule has 1 atom stereocenters. The van der Waals surface area contributed by atoms with Gasteiger partial charge in [-0.2, -0.15) is 0 Å². The minimum atomic E-state index is -0.845. The number of amides is 1. The number of hydrogen-bond acceptors (Lipinski definition) is 5. The van der Waals surface area contributed by atoms with Crippen molar-refractivity contribution < 1.29 is 23.5 Å². The normalized spacial score (nSPS) is 18.8. The molecule has 0 radical (unpaired) electrons. The number of hydrogen-bond donors (Lipinski definition) is 1. The van der Waals surface area contributed by atoms with Gasteiger partial charge in [-0.1, -0.05) is 28.1 Å². The van der Waals surface area contributed by atoms with Crippen LogP contribution < -0.4 is 0 Å². The van der Waals surface area contributed by atoms with Crippen LogP contribution in [0.25, 0.3) is 5.76 Å². The number of rotatable bonds is 4. The van der Waals surface area contributed by atoms with Crippen LogP contribution in [0.2, 0.25) is 0 Å². The van der Waals surface area contributed by atoms with Gasteiger partial charge in [-0.25, -0.2) is 0 Å². The first-order chi connectivity index (χ1) is 13.5. The van der Waals surface area contributed by atoms with E-state index in [0.29, 0.717) is 22.8 Å². The summed E-state index contributed by atoms with van der Waals surface area (Å²) in [5, 5.41) is 10.9. The highest BCUT2D eigenvalue weighted by atomic mass is 79.9. The number of likely N-dealkylation sites (tertiary alicyclic amines) is 1. The molecule has 1 fully saturated rings. The van der Waals surface area contributed by atoms with Crippen molar-refractivity contribution in [3.63, 3.8) is 0 Å². The molecule has 2 aromatic heterocycles. The van der Waals surface area contributed by atoms with Crippen LogP contribution in [-0.2, 0) is 16.1 Å². The van der Waals surface area contributed by atoms with Gasteiger partial charge in [-0.15, -0.1) is 0 Å². The van der Waals surface area contributed by atoms with Gasteiger partial charge in [0.05, 0.1) is 18.4 Å². The Morgan fingerprint density at radius 1 is 1.14 bits per heavy atom. The van der Waals surface area contributed by atoms with E-state index in [1.807, 2.05) is 0 Å². The molecule has 0 saturated carbocycles. The number of Topliss-reactive ketones (excluding diaryl/α,β-unsaturated/α-hetero) is 1. The molecule has 0 spiro atoms. The monoisotopic (exact) mass is 441 g/mol. The van der Waals surface area contributed by atoms with E-state index in [1.165, 1.54) is 11.2 Å². The predicted molar refractivity (Wildman–Crippen MR) is 104 cm³/mol. The molecule has 142 valence electrons. The van der Waals surface area contributed by atoms with Crippen LogP contribution in [0.5, 0.6) is 0 Å². The van der Waals surface area contributed by atoms with E-state index < -0.39 is 17.7 Å². The summed E-state index contributed by atoms with van der Waals surface area (Å²) in [4.78, 5) is 26.9. The Morgan fingerprint density at radius 3 is 2.50 bits per heavy atom. The third-order valence-corrected chi connectivity index (χ3v) is 5.12. The molecule has 1 aliphatic heterocycles. The Bertz CT molecular complexity index is 1060. The highest BCUT2D eigenvalue weighted by Crippen LogP contribution is 2.40. The van der Waals surface area contributed by atoms with E-state index in [1.54, 1.807) is 55.5 Å². The maximum absolute atomic E-state index is 12.8. The molecular weight excluding hydrogens is 426 g/mol. The first kappa shape index (κ1) is 18.3. The molecular formula is C21H16BrNO5. The van der Waals surface area contributed by atoms with Crippen molar-refractivity contribution in [2.75, 3.05) is 0 Å². The predicted octanol–water partition coefficient (Wildman–Crippen LogP) is 4.57. The first-order valence-electron chi connectivity index (χ1n) is 8.59. The number of aliphatic hydroxyl groups is 1. The largest absolute Gasteiger partial charge is 0.507 e. The fraction of sp³-hybridized carbons (Fsp3) is 0.143. The lowest BCUT2D eigenvalue weighted by molar-refractivity contribution is -0.140. The third-order valence-electron chi connectivity index (χ3n) is 4.59. The number of carbonyl (C=O) groups is 2. The summed E-state index contributed by atoms with van der Waals surface area (Å²) >= 11 is 3.34. The van der Waals surface area contributed by atoms with Gasteiger partial charge >= 0.3 is 0 Å². The van der Waals surface area contributed by atoms with Gasteiger partial charge < -0.3 is 18.8 Å². The molecule has 1 aliphatic rings. The minimum absolute atomic E-state index is 0.00627. The topological polar surface area (TPSA) is 83.9 Å². The zero-order valence-corrected chi connectivity index (χ0v) is 16.5. The third kappa shape index (κ3) is 3.18. The quantitative estimate of drug-likeness (QED) is 0.364. The molecule has 3 heterocycles. The van der Waals surface area contributed by atoms with Crippen molar-refractivity contribution in [2.24, 2.45) is 0 Å². The Balaban J connectivity index is 1.85. The fourth-order valence-electron chi connectivity index (χ4n) is 3.27. The molecule has 0 aliphatic carbocycles. The standard InChI is InChI=1S/C21H16BrNO5/c1-12-4-9-16(28-12)18-17(19(24)13-5-7-14(22)8-6-13)20(25)21(26)23(18)11-15-3-2-10-27-15/h2-10,18,24H,11H2,1H3/t18-/m1/s1. The second-order valence-electron chi connectivity index (χ2n) is 6.46. The van der Waals surface area contributed by atoms with Gasteiger partial charge in [0.15, 0.2) is 0 Å². The van der Waals surface area contributed by atoms with Crippen LogP contribution in [0.4, 0.5) is 0 Å². The summed E-state index contributed by atoms with van der Waals surface area (Å²) in [5.41, 5.74) is 0.431. The number of aliphatic hydroxyl groups excluding tert-OH is 1. The van der Waals surface area contributed by atoms with Crippen molar-refractivity contribution in [1.82, 2.24) is 4.90 Å². The number of aryl methyl sites for hydroxylation is 1. The molecule has 7 heteroatoms. The first-order valence-corrected chi connectivity index (χ1v) is 9.38. The second-order valence-corrected chi connectivity index (χ2v) is 7.38. The van der Waals surface area contributed by atoms with Gasteiger partial charge in [0.2, 0.25) is 0 Å².